The van der Waals surface area contributed by atoms with Crippen molar-refractivity contribution < 1.29 is 24.8 Å². The first-order valence-corrected chi connectivity index (χ1v) is 5.32. The van der Waals surface area contributed by atoms with E-state index in [0.717, 1.165) is 0 Å². The van der Waals surface area contributed by atoms with Gasteiger partial charge in [-0.05, 0) is 20.3 Å². The molecule has 5 nitrogen and oxygen atoms in total. The van der Waals surface area contributed by atoms with Crippen LogP contribution in [-0.2, 0) is 9.47 Å². The molecule has 1 heterocycles. The number of rotatable bonds is 3. The molecular formula is C10H20O5. The van der Waals surface area contributed by atoms with E-state index in [2.05, 4.69) is 0 Å². The first-order valence-electron chi connectivity index (χ1n) is 5.32. The van der Waals surface area contributed by atoms with Gasteiger partial charge in [0.05, 0.1) is 12.2 Å². The number of aliphatic hydroxyl groups excluding tert-OH is 3. The lowest BCUT2D eigenvalue weighted by Gasteiger charge is -2.40. The Morgan fingerprint density at radius 2 is 1.73 bits per heavy atom. The molecule has 0 amide bonds. The minimum Gasteiger partial charge on any atom is -0.388 e. The van der Waals surface area contributed by atoms with Gasteiger partial charge in [-0.1, -0.05) is 6.92 Å². The van der Waals surface area contributed by atoms with E-state index in [9.17, 15) is 15.3 Å². The molecule has 1 saturated heterocycles. The van der Waals surface area contributed by atoms with Crippen molar-refractivity contribution in [2.75, 3.05) is 0 Å². The van der Waals surface area contributed by atoms with Crippen LogP contribution < -0.4 is 0 Å². The molecule has 0 saturated carbocycles. The van der Waals surface area contributed by atoms with Gasteiger partial charge in [-0.15, -0.1) is 0 Å². The molecule has 1 aliphatic rings. The topological polar surface area (TPSA) is 79.2 Å². The van der Waals surface area contributed by atoms with Crippen LogP contribution in [0.2, 0.25) is 0 Å². The number of hydrogen-bond acceptors (Lipinski definition) is 5. The van der Waals surface area contributed by atoms with E-state index in [1.165, 1.54) is 0 Å². The van der Waals surface area contributed by atoms with Crippen LogP contribution in [0.15, 0.2) is 0 Å². The van der Waals surface area contributed by atoms with Crippen molar-refractivity contribution in [1.29, 1.82) is 0 Å². The number of hydrogen-bond donors (Lipinski definition) is 3. The molecule has 5 atom stereocenters. The molecule has 0 spiro atoms. The van der Waals surface area contributed by atoms with Crippen LogP contribution in [-0.4, -0.2) is 52.1 Å². The Kier molecular flexibility index (Phi) is 4.48. The molecule has 0 aromatic rings. The number of ether oxygens (including phenoxy) is 2. The third kappa shape index (κ3) is 2.89. The van der Waals surface area contributed by atoms with Crippen molar-refractivity contribution in [3.05, 3.63) is 0 Å². The molecule has 15 heavy (non-hydrogen) atoms. The summed E-state index contributed by atoms with van der Waals surface area (Å²) in [5, 5.41) is 28.8. The molecule has 0 bridgehead atoms. The van der Waals surface area contributed by atoms with Gasteiger partial charge in [0.1, 0.15) is 18.3 Å². The first-order chi connectivity index (χ1) is 6.97. The number of aliphatic hydroxyl groups is 3. The van der Waals surface area contributed by atoms with Gasteiger partial charge in [0.25, 0.3) is 0 Å². The molecule has 3 N–H and O–H groups in total. The largest absolute Gasteiger partial charge is 0.388 e. The highest BCUT2D eigenvalue weighted by Gasteiger charge is 2.43. The molecule has 1 aliphatic heterocycles. The highest BCUT2D eigenvalue weighted by atomic mass is 16.7. The van der Waals surface area contributed by atoms with Crippen LogP contribution in [0.1, 0.15) is 27.2 Å². The summed E-state index contributed by atoms with van der Waals surface area (Å²) >= 11 is 0. The predicted molar refractivity (Wildman–Crippen MR) is 53.2 cm³/mol. The van der Waals surface area contributed by atoms with Crippen molar-refractivity contribution in [3.8, 4) is 0 Å². The molecule has 0 aromatic heterocycles. The lowest BCUT2D eigenvalue weighted by atomic mass is 9.97. The van der Waals surface area contributed by atoms with Crippen LogP contribution in [0.25, 0.3) is 0 Å². The molecule has 2 unspecified atom stereocenters. The first kappa shape index (κ1) is 12.9. The Morgan fingerprint density at radius 3 is 2.20 bits per heavy atom. The zero-order chi connectivity index (χ0) is 11.6. The maximum Gasteiger partial charge on any atom is 0.186 e. The predicted octanol–water partition coefficient (Wildman–Crippen LogP) is -0.371. The molecular weight excluding hydrogens is 200 g/mol. The Hall–Kier alpha value is -0.200. The van der Waals surface area contributed by atoms with Gasteiger partial charge in [0, 0.05) is 0 Å². The summed E-state index contributed by atoms with van der Waals surface area (Å²) in [5.41, 5.74) is 0. The van der Waals surface area contributed by atoms with E-state index in [1.54, 1.807) is 0 Å². The van der Waals surface area contributed by atoms with Gasteiger partial charge >= 0.3 is 0 Å². The zero-order valence-corrected chi connectivity index (χ0v) is 9.33. The summed E-state index contributed by atoms with van der Waals surface area (Å²) in [4.78, 5) is 0. The summed E-state index contributed by atoms with van der Waals surface area (Å²) in [6, 6.07) is 0. The molecule has 1 rings (SSSR count). The van der Waals surface area contributed by atoms with E-state index >= 15 is 0 Å². The summed E-state index contributed by atoms with van der Waals surface area (Å²) < 4.78 is 10.7. The van der Waals surface area contributed by atoms with Crippen molar-refractivity contribution >= 4 is 0 Å². The Labute approximate surface area is 89.6 Å². The van der Waals surface area contributed by atoms with E-state index in [0.29, 0.717) is 6.42 Å². The van der Waals surface area contributed by atoms with Crippen molar-refractivity contribution in [1.82, 2.24) is 0 Å². The summed E-state index contributed by atoms with van der Waals surface area (Å²) in [6.45, 7) is 5.47. The van der Waals surface area contributed by atoms with E-state index < -0.39 is 30.7 Å². The third-order valence-corrected chi connectivity index (χ3v) is 2.48. The van der Waals surface area contributed by atoms with Crippen molar-refractivity contribution in [2.45, 2.75) is 64.0 Å². The van der Waals surface area contributed by atoms with Crippen LogP contribution in [0, 0.1) is 0 Å². The monoisotopic (exact) mass is 220 g/mol. The minimum absolute atomic E-state index is 0.107. The van der Waals surface area contributed by atoms with Crippen LogP contribution >= 0.6 is 0 Å². The second-order valence-electron chi connectivity index (χ2n) is 4.11. The smallest absolute Gasteiger partial charge is 0.186 e. The van der Waals surface area contributed by atoms with Gasteiger partial charge in [-0.25, -0.2) is 0 Å². The quantitative estimate of drug-likeness (QED) is 0.604. The fourth-order valence-electron chi connectivity index (χ4n) is 1.63. The van der Waals surface area contributed by atoms with Crippen LogP contribution in [0.4, 0.5) is 0 Å². The van der Waals surface area contributed by atoms with Gasteiger partial charge in [0.15, 0.2) is 6.29 Å². The average molecular weight is 220 g/mol. The average Bonchev–Trinajstić information content (AvgIpc) is 2.18. The summed E-state index contributed by atoms with van der Waals surface area (Å²) in [6.07, 6.45) is -4.39. The molecule has 0 radical (unpaired) electrons. The summed E-state index contributed by atoms with van der Waals surface area (Å²) in [7, 11) is 0. The molecule has 90 valence electrons. The maximum absolute atomic E-state index is 9.61. The Bertz CT molecular complexity index is 194. The third-order valence-electron chi connectivity index (χ3n) is 2.48. The normalized spacial score (nSPS) is 42.2. The zero-order valence-electron chi connectivity index (χ0n) is 9.33. The summed E-state index contributed by atoms with van der Waals surface area (Å²) in [5.74, 6) is 0. The van der Waals surface area contributed by atoms with Crippen LogP contribution in [0.5, 0.6) is 0 Å². The lowest BCUT2D eigenvalue weighted by molar-refractivity contribution is -0.304. The maximum atomic E-state index is 9.61. The highest BCUT2D eigenvalue weighted by molar-refractivity contribution is 4.88. The molecule has 0 aromatic carbocycles. The standard InChI is InChI=1S/C10H20O5/c1-4-6-7(11)8(12)9(13)10(15-6)14-5(2)3/h5-13H,4H2,1-3H3/t6?,7-,8-,9?,10-/m0/s1. The van der Waals surface area contributed by atoms with Crippen LogP contribution in [0.3, 0.4) is 0 Å². The second kappa shape index (κ2) is 5.23. The van der Waals surface area contributed by atoms with Crippen molar-refractivity contribution in [2.24, 2.45) is 0 Å². The minimum atomic E-state index is -1.22. The van der Waals surface area contributed by atoms with E-state index in [4.69, 9.17) is 9.47 Å². The highest BCUT2D eigenvalue weighted by Crippen LogP contribution is 2.24. The molecule has 5 heteroatoms. The lowest BCUT2D eigenvalue weighted by Crippen LogP contribution is -2.58. The van der Waals surface area contributed by atoms with Gasteiger partial charge in [0.2, 0.25) is 0 Å². The van der Waals surface area contributed by atoms with Gasteiger partial charge in [-0.3, -0.25) is 0 Å². The molecule has 1 fully saturated rings. The second-order valence-corrected chi connectivity index (χ2v) is 4.11. The van der Waals surface area contributed by atoms with Gasteiger partial charge < -0.3 is 24.8 Å². The SMILES string of the molecule is CCC1O[C@H](OC(C)C)C(O)[C@@H](O)[C@H]1O. The van der Waals surface area contributed by atoms with Crippen molar-refractivity contribution in [3.63, 3.8) is 0 Å². The Balaban J connectivity index is 2.65. The Morgan fingerprint density at radius 1 is 1.13 bits per heavy atom. The fraction of sp³-hybridized carbons (Fsp3) is 1.00. The van der Waals surface area contributed by atoms with E-state index in [-0.39, 0.29) is 6.10 Å². The van der Waals surface area contributed by atoms with Gasteiger partial charge in [-0.2, -0.15) is 0 Å². The molecule has 0 aliphatic carbocycles. The van der Waals surface area contributed by atoms with E-state index in [1.807, 2.05) is 20.8 Å². The fourth-order valence-corrected chi connectivity index (χ4v) is 1.63.